The molecule has 0 aliphatic heterocycles. The Labute approximate surface area is 227 Å². The van der Waals surface area contributed by atoms with Crippen molar-refractivity contribution in [3.63, 3.8) is 0 Å². The van der Waals surface area contributed by atoms with Gasteiger partial charge in [-0.15, -0.1) is 0 Å². The largest absolute Gasteiger partial charge is 0.444 e. The number of amides is 3. The highest BCUT2D eigenvalue weighted by molar-refractivity contribution is 6.01. The summed E-state index contributed by atoms with van der Waals surface area (Å²) in [6.45, 7) is 18.1. The van der Waals surface area contributed by atoms with Crippen LogP contribution in [0.2, 0.25) is 0 Å². The Morgan fingerprint density at radius 1 is 0.737 bits per heavy atom. The molecule has 1 rings (SSSR count). The molecule has 3 amide bonds. The Kier molecular flexibility index (Phi) is 14.0. The van der Waals surface area contributed by atoms with E-state index in [2.05, 4.69) is 10.6 Å². The molecule has 0 spiro atoms. The van der Waals surface area contributed by atoms with Crippen LogP contribution in [0.25, 0.3) is 0 Å². The van der Waals surface area contributed by atoms with Gasteiger partial charge in [0.1, 0.15) is 17.2 Å². The molecule has 0 aliphatic carbocycles. The molecule has 0 heterocycles. The molecule has 0 saturated carbocycles. The smallest absolute Gasteiger partial charge is 0.408 e. The molecular formula is C28H47N3O7. The molecule has 0 bridgehead atoms. The van der Waals surface area contributed by atoms with Gasteiger partial charge < -0.3 is 20.1 Å². The number of hydrogen-bond acceptors (Lipinski definition) is 7. The van der Waals surface area contributed by atoms with Crippen LogP contribution in [-0.2, 0) is 19.1 Å². The number of nitrogens with one attached hydrogen (secondary N) is 2. The van der Waals surface area contributed by atoms with E-state index in [0.717, 1.165) is 5.06 Å². The summed E-state index contributed by atoms with van der Waals surface area (Å²) in [4.78, 5) is 52.6. The zero-order valence-corrected chi connectivity index (χ0v) is 25.0. The fourth-order valence-corrected chi connectivity index (χ4v) is 2.99. The summed E-state index contributed by atoms with van der Waals surface area (Å²) >= 11 is 0. The predicted octanol–water partition coefficient (Wildman–Crippen LogP) is 4.97. The molecular weight excluding hydrogens is 490 g/mol. The van der Waals surface area contributed by atoms with Crippen molar-refractivity contribution in [3.05, 3.63) is 35.9 Å². The van der Waals surface area contributed by atoms with Crippen molar-refractivity contribution in [3.8, 4) is 0 Å². The van der Waals surface area contributed by atoms with Crippen molar-refractivity contribution in [2.24, 2.45) is 11.8 Å². The Balaban J connectivity index is 0.000000726. The van der Waals surface area contributed by atoms with Crippen LogP contribution in [0.5, 0.6) is 0 Å². The highest BCUT2D eigenvalue weighted by Gasteiger charge is 2.29. The molecule has 0 radical (unpaired) electrons. The molecule has 0 unspecified atom stereocenters. The molecule has 10 heteroatoms. The summed E-state index contributed by atoms with van der Waals surface area (Å²) in [6, 6.07) is 7.68. The number of likely N-dealkylation sites (N-methyl/N-ethyl adjacent to an activating group) is 1. The van der Waals surface area contributed by atoms with Gasteiger partial charge in [-0.2, -0.15) is 0 Å². The number of hydroxylamine groups is 2. The van der Waals surface area contributed by atoms with Crippen LogP contribution < -0.4 is 10.6 Å². The molecule has 2 N–H and O–H groups in total. The van der Waals surface area contributed by atoms with Gasteiger partial charge in [-0.05, 0) is 53.4 Å². The number of ketones is 1. The summed E-state index contributed by atoms with van der Waals surface area (Å²) in [6.07, 6.45) is -1.18. The first kappa shape index (κ1) is 34.9. The predicted molar refractivity (Wildman–Crippen MR) is 147 cm³/mol. The van der Waals surface area contributed by atoms with E-state index in [1.165, 1.54) is 14.2 Å². The second-order valence-corrected chi connectivity index (χ2v) is 11.5. The van der Waals surface area contributed by atoms with Gasteiger partial charge in [0.25, 0.3) is 5.91 Å². The lowest BCUT2D eigenvalue weighted by molar-refractivity contribution is -0.172. The van der Waals surface area contributed by atoms with E-state index < -0.39 is 35.5 Å². The maximum atomic E-state index is 12.4. The minimum absolute atomic E-state index is 0.0183. The summed E-state index contributed by atoms with van der Waals surface area (Å²) in [7, 11) is 2.89. The molecule has 0 aromatic heterocycles. The number of nitrogens with zero attached hydrogens (tertiary/aromatic N) is 1. The molecule has 216 valence electrons. The van der Waals surface area contributed by atoms with E-state index in [0.29, 0.717) is 5.56 Å². The molecule has 10 nitrogen and oxygen atoms in total. The fraction of sp³-hybridized carbons (Fsp3) is 0.643. The lowest BCUT2D eigenvalue weighted by atomic mass is 9.95. The number of alkyl carbamates (subject to hydrolysis) is 2. The van der Waals surface area contributed by atoms with Gasteiger partial charge in [-0.3, -0.25) is 14.4 Å². The Morgan fingerprint density at radius 3 is 1.47 bits per heavy atom. The van der Waals surface area contributed by atoms with Gasteiger partial charge in [0.05, 0.1) is 13.2 Å². The molecule has 1 aromatic rings. The van der Waals surface area contributed by atoms with Crippen LogP contribution in [0.15, 0.2) is 30.3 Å². The normalized spacial score (nSPS) is 13.0. The number of benzene rings is 1. The summed E-state index contributed by atoms with van der Waals surface area (Å²) in [5.74, 6) is -0.511. The van der Waals surface area contributed by atoms with E-state index >= 15 is 0 Å². The maximum Gasteiger partial charge on any atom is 0.408 e. The zero-order valence-electron chi connectivity index (χ0n) is 25.0. The van der Waals surface area contributed by atoms with Gasteiger partial charge in [-0.1, -0.05) is 58.0 Å². The van der Waals surface area contributed by atoms with Crippen molar-refractivity contribution in [1.82, 2.24) is 15.7 Å². The third-order valence-corrected chi connectivity index (χ3v) is 4.87. The van der Waals surface area contributed by atoms with Crippen molar-refractivity contribution in [1.29, 1.82) is 0 Å². The van der Waals surface area contributed by atoms with E-state index in [1.54, 1.807) is 65.8 Å². The molecule has 38 heavy (non-hydrogen) atoms. The standard InChI is InChI=1S/C16H23NO3.C12H24N2O4/c1-11(2)13(17-15(19)20-16(3,4)5)14(18)12-9-7-6-8-10-12;1-8(2)9(10(15)14(6)17-7)13-11(16)18-12(3,4)5/h6-11,13H,1-5H3,(H,17,19);8-9H,1-7H3,(H,13,16)/t13-;9-/m00/s1. The van der Waals surface area contributed by atoms with Gasteiger partial charge in [0, 0.05) is 12.6 Å². The number of ether oxygens (including phenoxy) is 2. The molecule has 1 aromatic carbocycles. The number of carbonyl (C=O) groups is 4. The highest BCUT2D eigenvalue weighted by atomic mass is 16.7. The number of Topliss-reactive ketones (excluding diaryl/α,β-unsaturated/α-hetero) is 1. The molecule has 0 saturated heterocycles. The number of hydrogen-bond donors (Lipinski definition) is 2. The second kappa shape index (κ2) is 15.3. The third-order valence-electron chi connectivity index (χ3n) is 4.87. The highest BCUT2D eigenvalue weighted by Crippen LogP contribution is 2.13. The quantitative estimate of drug-likeness (QED) is 0.354. The minimum atomic E-state index is -0.676. The van der Waals surface area contributed by atoms with Crippen molar-refractivity contribution < 1.29 is 33.5 Å². The summed E-state index contributed by atoms with van der Waals surface area (Å²) < 4.78 is 10.3. The SMILES string of the molecule is CC(C)[C@H](NC(=O)OC(C)(C)C)C(=O)c1ccccc1.CON(C)C(=O)[C@@H](NC(=O)OC(C)(C)C)C(C)C. The lowest BCUT2D eigenvalue weighted by Gasteiger charge is -2.27. The summed E-state index contributed by atoms with van der Waals surface area (Å²) in [5.41, 5.74) is -0.592. The maximum absolute atomic E-state index is 12.4. The third kappa shape index (κ3) is 14.0. The van der Waals surface area contributed by atoms with E-state index in [1.807, 2.05) is 33.8 Å². The molecule has 0 fully saturated rings. The van der Waals surface area contributed by atoms with Crippen molar-refractivity contribution >= 4 is 23.9 Å². The first-order valence-electron chi connectivity index (χ1n) is 12.7. The topological polar surface area (TPSA) is 123 Å². The van der Waals surface area contributed by atoms with E-state index in [4.69, 9.17) is 14.3 Å². The van der Waals surface area contributed by atoms with Gasteiger partial charge in [-0.25, -0.2) is 14.7 Å². The van der Waals surface area contributed by atoms with Crippen molar-refractivity contribution in [2.75, 3.05) is 14.2 Å². The van der Waals surface area contributed by atoms with Crippen molar-refractivity contribution in [2.45, 2.75) is 92.5 Å². The fourth-order valence-electron chi connectivity index (χ4n) is 2.99. The Bertz CT molecular complexity index is 903. The van der Waals surface area contributed by atoms with Gasteiger partial charge in [0.2, 0.25) is 0 Å². The minimum Gasteiger partial charge on any atom is -0.444 e. The van der Waals surface area contributed by atoms with Crippen LogP contribution >= 0.6 is 0 Å². The van der Waals surface area contributed by atoms with E-state index in [-0.39, 0.29) is 23.5 Å². The first-order valence-corrected chi connectivity index (χ1v) is 12.7. The average Bonchev–Trinajstić information content (AvgIpc) is 2.78. The zero-order chi connectivity index (χ0) is 29.8. The second-order valence-electron chi connectivity index (χ2n) is 11.5. The Morgan fingerprint density at radius 2 is 1.13 bits per heavy atom. The van der Waals surface area contributed by atoms with Crippen LogP contribution in [0.1, 0.15) is 79.6 Å². The monoisotopic (exact) mass is 537 g/mol. The van der Waals surface area contributed by atoms with Crippen LogP contribution in [0.3, 0.4) is 0 Å². The summed E-state index contributed by atoms with van der Waals surface area (Å²) in [5, 5.41) is 6.30. The lowest BCUT2D eigenvalue weighted by Crippen LogP contribution is -2.51. The van der Waals surface area contributed by atoms with Gasteiger partial charge >= 0.3 is 12.2 Å². The van der Waals surface area contributed by atoms with Crippen LogP contribution in [0, 0.1) is 11.8 Å². The van der Waals surface area contributed by atoms with Gasteiger partial charge in [0.15, 0.2) is 5.78 Å². The number of carbonyl (C=O) groups excluding carboxylic acids is 4. The molecule has 0 aliphatic rings. The Hall–Kier alpha value is -3.14. The first-order chi connectivity index (χ1) is 17.3. The van der Waals surface area contributed by atoms with E-state index in [9.17, 15) is 19.2 Å². The number of rotatable bonds is 8. The van der Waals surface area contributed by atoms with Crippen LogP contribution in [0.4, 0.5) is 9.59 Å². The molecule has 2 atom stereocenters. The average molecular weight is 538 g/mol. The van der Waals surface area contributed by atoms with Crippen LogP contribution in [-0.4, -0.2) is 66.4 Å².